The summed E-state index contributed by atoms with van der Waals surface area (Å²) in [6, 6.07) is 6.22. The molecule has 1 amide bonds. The number of hydrogen-bond donors (Lipinski definition) is 2. The normalized spacial score (nSPS) is 10.2. The van der Waals surface area contributed by atoms with Gasteiger partial charge in [0.05, 0.1) is 0 Å². The van der Waals surface area contributed by atoms with Crippen molar-refractivity contribution in [1.29, 1.82) is 0 Å². The van der Waals surface area contributed by atoms with E-state index in [1.165, 1.54) is 18.2 Å². The highest BCUT2D eigenvalue weighted by atomic mass is 35.5. The molecule has 0 unspecified atom stereocenters. The molecule has 0 atom stereocenters. The lowest BCUT2D eigenvalue weighted by atomic mass is 10.2. The first-order valence-corrected chi connectivity index (χ1v) is 6.64. The zero-order valence-electron chi connectivity index (χ0n) is 11.5. The van der Waals surface area contributed by atoms with Gasteiger partial charge < -0.3 is 15.2 Å². The number of benzene rings is 2. The van der Waals surface area contributed by atoms with Crippen LogP contribution in [0, 0.1) is 11.6 Å². The first-order valence-electron chi connectivity index (χ1n) is 6.27. The van der Waals surface area contributed by atoms with Crippen LogP contribution >= 0.6 is 11.6 Å². The van der Waals surface area contributed by atoms with E-state index < -0.39 is 30.1 Å². The number of aromatic hydroxyl groups is 1. The number of ether oxygens (including phenoxy) is 1. The average Bonchev–Trinajstić information content (AvgIpc) is 2.46. The van der Waals surface area contributed by atoms with Crippen LogP contribution in [0.1, 0.15) is 10.4 Å². The fourth-order valence-electron chi connectivity index (χ4n) is 1.70. The maximum atomic E-state index is 13.0. The summed E-state index contributed by atoms with van der Waals surface area (Å²) in [4.78, 5) is 23.3. The molecule has 23 heavy (non-hydrogen) atoms. The topological polar surface area (TPSA) is 75.6 Å². The lowest BCUT2D eigenvalue weighted by Gasteiger charge is -2.08. The van der Waals surface area contributed by atoms with E-state index >= 15 is 0 Å². The van der Waals surface area contributed by atoms with Crippen molar-refractivity contribution in [3.8, 4) is 5.75 Å². The van der Waals surface area contributed by atoms with Crippen LogP contribution in [0.2, 0.25) is 5.02 Å². The van der Waals surface area contributed by atoms with Crippen LogP contribution in [0.25, 0.3) is 0 Å². The number of phenols is 1. The highest BCUT2D eigenvalue weighted by Crippen LogP contribution is 2.22. The highest BCUT2D eigenvalue weighted by Gasteiger charge is 2.15. The van der Waals surface area contributed by atoms with E-state index in [4.69, 9.17) is 16.3 Å². The Balaban J connectivity index is 1.96. The third-order valence-corrected chi connectivity index (χ3v) is 2.89. The number of halogens is 3. The van der Waals surface area contributed by atoms with E-state index in [1.54, 1.807) is 0 Å². The second kappa shape index (κ2) is 7.06. The zero-order valence-corrected chi connectivity index (χ0v) is 12.2. The lowest BCUT2D eigenvalue weighted by molar-refractivity contribution is -0.119. The zero-order chi connectivity index (χ0) is 17.0. The van der Waals surface area contributed by atoms with Crippen LogP contribution in [0.4, 0.5) is 14.5 Å². The third-order valence-electron chi connectivity index (χ3n) is 2.66. The monoisotopic (exact) mass is 341 g/mol. The van der Waals surface area contributed by atoms with Crippen LogP contribution in [0.15, 0.2) is 36.4 Å². The number of rotatable bonds is 4. The standard InChI is InChI=1S/C15H10ClF2NO4/c16-8-1-2-13(20)12(3-8)15(22)23-7-14(21)19-11-5-9(17)4-10(18)6-11/h1-6,20H,7H2,(H,19,21). The number of esters is 1. The Morgan fingerprint density at radius 1 is 1.13 bits per heavy atom. The van der Waals surface area contributed by atoms with Crippen molar-refractivity contribution in [2.24, 2.45) is 0 Å². The Hall–Kier alpha value is -2.67. The largest absolute Gasteiger partial charge is 0.507 e. The van der Waals surface area contributed by atoms with Gasteiger partial charge in [-0.3, -0.25) is 4.79 Å². The number of amides is 1. The number of carbonyl (C=O) groups is 2. The van der Waals surface area contributed by atoms with E-state index in [2.05, 4.69) is 5.32 Å². The molecule has 0 aliphatic carbocycles. The SMILES string of the molecule is O=C(COC(=O)c1cc(Cl)ccc1O)Nc1cc(F)cc(F)c1. The Morgan fingerprint density at radius 3 is 2.43 bits per heavy atom. The molecular weight excluding hydrogens is 332 g/mol. The molecule has 8 heteroatoms. The smallest absolute Gasteiger partial charge is 0.342 e. The van der Waals surface area contributed by atoms with Gasteiger partial charge in [-0.05, 0) is 30.3 Å². The second-order valence-corrected chi connectivity index (χ2v) is 4.88. The molecule has 0 saturated heterocycles. The fraction of sp³-hybridized carbons (Fsp3) is 0.0667. The van der Waals surface area contributed by atoms with Gasteiger partial charge in [-0.15, -0.1) is 0 Å². The summed E-state index contributed by atoms with van der Waals surface area (Å²) < 4.78 is 30.7. The first-order chi connectivity index (χ1) is 10.8. The van der Waals surface area contributed by atoms with E-state index in [-0.39, 0.29) is 22.0 Å². The predicted octanol–water partition coefficient (Wildman–Crippen LogP) is 3.12. The van der Waals surface area contributed by atoms with Gasteiger partial charge in [0.15, 0.2) is 6.61 Å². The lowest BCUT2D eigenvalue weighted by Crippen LogP contribution is -2.21. The van der Waals surface area contributed by atoms with Gasteiger partial charge in [0.1, 0.15) is 22.9 Å². The molecule has 0 radical (unpaired) electrons. The number of phenolic OH excluding ortho intramolecular Hbond substituents is 1. The van der Waals surface area contributed by atoms with E-state index in [0.717, 1.165) is 12.1 Å². The number of nitrogens with one attached hydrogen (secondary N) is 1. The summed E-state index contributed by atoms with van der Waals surface area (Å²) >= 11 is 5.69. The van der Waals surface area contributed by atoms with Crippen LogP contribution < -0.4 is 5.32 Å². The summed E-state index contributed by atoms with van der Waals surface area (Å²) in [5, 5.41) is 11.9. The Morgan fingerprint density at radius 2 is 1.78 bits per heavy atom. The van der Waals surface area contributed by atoms with Crippen LogP contribution in [0.3, 0.4) is 0 Å². The van der Waals surface area contributed by atoms with Crippen LogP contribution in [-0.4, -0.2) is 23.6 Å². The molecule has 120 valence electrons. The molecule has 2 N–H and O–H groups in total. The molecule has 2 aromatic carbocycles. The molecule has 0 spiro atoms. The Labute approximate surface area is 134 Å². The Bertz CT molecular complexity index is 747. The first kappa shape index (κ1) is 16.7. The maximum absolute atomic E-state index is 13.0. The van der Waals surface area contributed by atoms with Gasteiger partial charge in [-0.2, -0.15) is 0 Å². The van der Waals surface area contributed by atoms with E-state index in [0.29, 0.717) is 6.07 Å². The van der Waals surface area contributed by atoms with Crippen molar-refractivity contribution in [3.63, 3.8) is 0 Å². The summed E-state index contributed by atoms with van der Waals surface area (Å²) in [6.07, 6.45) is 0. The van der Waals surface area contributed by atoms with Crippen molar-refractivity contribution in [3.05, 3.63) is 58.6 Å². The summed E-state index contributed by atoms with van der Waals surface area (Å²) in [5.74, 6) is -3.84. The predicted molar refractivity (Wildman–Crippen MR) is 78.4 cm³/mol. The van der Waals surface area contributed by atoms with Gasteiger partial charge >= 0.3 is 5.97 Å². The van der Waals surface area contributed by atoms with Gasteiger partial charge in [0.2, 0.25) is 0 Å². The van der Waals surface area contributed by atoms with Gasteiger partial charge in [-0.25, -0.2) is 13.6 Å². The highest BCUT2D eigenvalue weighted by molar-refractivity contribution is 6.31. The minimum atomic E-state index is -0.967. The van der Waals surface area contributed by atoms with Gasteiger partial charge in [0.25, 0.3) is 5.91 Å². The summed E-state index contributed by atoms with van der Waals surface area (Å²) in [7, 11) is 0. The summed E-state index contributed by atoms with van der Waals surface area (Å²) in [5.41, 5.74) is -0.323. The summed E-state index contributed by atoms with van der Waals surface area (Å²) in [6.45, 7) is -0.705. The molecule has 0 bridgehead atoms. The molecule has 2 aromatic rings. The van der Waals surface area contributed by atoms with E-state index in [9.17, 15) is 23.5 Å². The maximum Gasteiger partial charge on any atom is 0.342 e. The second-order valence-electron chi connectivity index (χ2n) is 4.44. The Kier molecular flexibility index (Phi) is 5.13. The average molecular weight is 342 g/mol. The van der Waals surface area contributed by atoms with Crippen molar-refractivity contribution < 1.29 is 28.2 Å². The molecule has 2 rings (SSSR count). The van der Waals surface area contributed by atoms with Crippen molar-refractivity contribution in [2.45, 2.75) is 0 Å². The van der Waals surface area contributed by atoms with Gasteiger partial charge in [0, 0.05) is 16.8 Å². The fourth-order valence-corrected chi connectivity index (χ4v) is 1.88. The number of hydrogen-bond acceptors (Lipinski definition) is 4. The molecular formula is C15H10ClF2NO4. The molecule has 0 saturated carbocycles. The molecule has 0 aliphatic heterocycles. The van der Waals surface area contributed by atoms with E-state index in [1.807, 2.05) is 0 Å². The van der Waals surface area contributed by atoms with Crippen molar-refractivity contribution in [1.82, 2.24) is 0 Å². The number of carbonyl (C=O) groups excluding carboxylic acids is 2. The molecule has 0 aromatic heterocycles. The minimum absolute atomic E-state index is 0.117. The van der Waals surface area contributed by atoms with Gasteiger partial charge in [-0.1, -0.05) is 11.6 Å². The molecule has 0 heterocycles. The van der Waals surface area contributed by atoms with Crippen LogP contribution in [0.5, 0.6) is 5.75 Å². The third kappa shape index (κ3) is 4.65. The number of anilines is 1. The van der Waals surface area contributed by atoms with Crippen LogP contribution in [-0.2, 0) is 9.53 Å². The molecule has 0 fully saturated rings. The quantitative estimate of drug-likeness (QED) is 0.838. The molecule has 0 aliphatic rings. The molecule has 5 nitrogen and oxygen atoms in total. The minimum Gasteiger partial charge on any atom is -0.507 e. The van der Waals surface area contributed by atoms with Crippen molar-refractivity contribution >= 4 is 29.2 Å². The van der Waals surface area contributed by atoms with Crippen molar-refractivity contribution in [2.75, 3.05) is 11.9 Å².